The molecule has 2 nitrogen and oxygen atoms in total. The molecule has 0 saturated heterocycles. The lowest BCUT2D eigenvalue weighted by molar-refractivity contribution is 1.14. The molecule has 0 saturated carbocycles. The van der Waals surface area contributed by atoms with Gasteiger partial charge in [0.1, 0.15) is 0 Å². The van der Waals surface area contributed by atoms with Crippen molar-refractivity contribution >= 4 is 27.4 Å². The average molecular weight is 403 g/mol. The van der Waals surface area contributed by atoms with Crippen LogP contribution in [0.4, 0.5) is 5.69 Å². The van der Waals surface area contributed by atoms with E-state index in [-0.39, 0.29) is 0 Å². The van der Waals surface area contributed by atoms with E-state index in [0.717, 1.165) is 17.6 Å². The van der Waals surface area contributed by atoms with Crippen LogP contribution in [0.15, 0.2) is 84.9 Å². The van der Waals surface area contributed by atoms with E-state index < -0.39 is 0 Å². The molecule has 1 aromatic heterocycles. The predicted octanol–water partition coefficient (Wildman–Crippen LogP) is 7.63. The van der Waals surface area contributed by atoms with Crippen molar-refractivity contribution in [2.24, 2.45) is 0 Å². The Hall–Kier alpha value is -3.65. The van der Waals surface area contributed by atoms with E-state index in [1.807, 2.05) is 7.05 Å². The smallest absolute Gasteiger partial charge is 0.0790 e. The summed E-state index contributed by atoms with van der Waals surface area (Å²) in [6.45, 7) is 4.28. The standard InChI is InChI=1S/C29H26N2/c1-4-20-13-14-25-24(28(20)30-3)15-16-26-27(17-19(2)31-29(25)26)23-12-8-11-22(18-23)21-9-6-5-7-10-21/h5-18,30H,4H2,1-3H3. The van der Waals surface area contributed by atoms with Crippen molar-refractivity contribution in [2.45, 2.75) is 20.3 Å². The molecule has 0 bridgehead atoms. The van der Waals surface area contributed by atoms with Gasteiger partial charge in [-0.1, -0.05) is 79.7 Å². The van der Waals surface area contributed by atoms with Crippen LogP contribution < -0.4 is 5.32 Å². The van der Waals surface area contributed by atoms with Crippen molar-refractivity contribution in [3.8, 4) is 22.3 Å². The van der Waals surface area contributed by atoms with E-state index in [9.17, 15) is 0 Å². The third-order valence-corrected chi connectivity index (χ3v) is 6.10. The van der Waals surface area contributed by atoms with Gasteiger partial charge in [0, 0.05) is 34.6 Å². The average Bonchev–Trinajstić information content (AvgIpc) is 2.83. The van der Waals surface area contributed by atoms with Crippen LogP contribution >= 0.6 is 0 Å². The van der Waals surface area contributed by atoms with Crippen molar-refractivity contribution in [2.75, 3.05) is 12.4 Å². The lowest BCUT2D eigenvalue weighted by Crippen LogP contribution is -1.97. The molecule has 0 atom stereocenters. The fraction of sp³-hybridized carbons (Fsp3) is 0.138. The number of rotatable bonds is 4. The van der Waals surface area contributed by atoms with E-state index in [2.05, 4.69) is 104 Å². The monoisotopic (exact) mass is 402 g/mol. The molecule has 0 aliphatic rings. The summed E-state index contributed by atoms with van der Waals surface area (Å²) >= 11 is 0. The number of hydrogen-bond donors (Lipinski definition) is 1. The molecule has 0 aliphatic carbocycles. The minimum atomic E-state index is 1.00. The molecule has 1 N–H and O–H groups in total. The van der Waals surface area contributed by atoms with Gasteiger partial charge in [0.05, 0.1) is 5.52 Å². The molecule has 152 valence electrons. The Morgan fingerprint density at radius 1 is 0.710 bits per heavy atom. The van der Waals surface area contributed by atoms with Gasteiger partial charge < -0.3 is 5.32 Å². The first-order valence-corrected chi connectivity index (χ1v) is 10.9. The van der Waals surface area contributed by atoms with Crippen LogP contribution in [0.5, 0.6) is 0 Å². The Kier molecular flexibility index (Phi) is 4.91. The molecule has 0 aliphatic heterocycles. The van der Waals surface area contributed by atoms with Gasteiger partial charge in [-0.25, -0.2) is 0 Å². The molecule has 1 heterocycles. The SMILES string of the molecule is CCc1ccc2c(ccc3c(-c4cccc(-c5ccccc5)c4)cc(C)nc32)c1NC. The van der Waals surface area contributed by atoms with Gasteiger partial charge in [-0.05, 0) is 53.3 Å². The third kappa shape index (κ3) is 3.34. The summed E-state index contributed by atoms with van der Waals surface area (Å²) in [7, 11) is 2.00. The minimum Gasteiger partial charge on any atom is -0.387 e. The topological polar surface area (TPSA) is 24.9 Å². The van der Waals surface area contributed by atoms with Gasteiger partial charge in [-0.2, -0.15) is 0 Å². The number of hydrogen-bond acceptors (Lipinski definition) is 2. The van der Waals surface area contributed by atoms with Crippen LogP contribution in [0.2, 0.25) is 0 Å². The maximum absolute atomic E-state index is 4.97. The first kappa shape index (κ1) is 19.3. The van der Waals surface area contributed by atoms with Gasteiger partial charge in [-0.15, -0.1) is 0 Å². The van der Waals surface area contributed by atoms with Gasteiger partial charge >= 0.3 is 0 Å². The molecule has 31 heavy (non-hydrogen) atoms. The van der Waals surface area contributed by atoms with E-state index in [0.29, 0.717) is 0 Å². The second kappa shape index (κ2) is 7.88. The maximum Gasteiger partial charge on any atom is 0.0790 e. The zero-order valence-corrected chi connectivity index (χ0v) is 18.2. The summed E-state index contributed by atoms with van der Waals surface area (Å²) < 4.78 is 0. The fourth-order valence-electron chi connectivity index (χ4n) is 4.59. The predicted molar refractivity (Wildman–Crippen MR) is 134 cm³/mol. The number of aromatic nitrogens is 1. The van der Waals surface area contributed by atoms with E-state index in [4.69, 9.17) is 4.98 Å². The Morgan fingerprint density at radius 3 is 2.19 bits per heavy atom. The summed E-state index contributed by atoms with van der Waals surface area (Å²) in [5, 5.41) is 7.03. The number of pyridine rings is 1. The molecule has 2 heteroatoms. The highest BCUT2D eigenvalue weighted by Crippen LogP contribution is 2.37. The molecular weight excluding hydrogens is 376 g/mol. The Morgan fingerprint density at radius 2 is 1.42 bits per heavy atom. The van der Waals surface area contributed by atoms with Crippen molar-refractivity contribution < 1.29 is 0 Å². The van der Waals surface area contributed by atoms with Crippen LogP contribution in [0, 0.1) is 6.92 Å². The maximum atomic E-state index is 4.97. The molecule has 0 amide bonds. The zero-order chi connectivity index (χ0) is 21.4. The minimum absolute atomic E-state index is 1.00. The second-order valence-electron chi connectivity index (χ2n) is 8.02. The molecule has 5 rings (SSSR count). The molecular formula is C29H26N2. The van der Waals surface area contributed by atoms with Crippen LogP contribution in [0.25, 0.3) is 43.9 Å². The van der Waals surface area contributed by atoms with Gasteiger partial charge in [-0.3, -0.25) is 4.98 Å². The molecule has 0 radical (unpaired) electrons. The highest BCUT2D eigenvalue weighted by molar-refractivity contribution is 6.13. The third-order valence-electron chi connectivity index (χ3n) is 6.10. The highest BCUT2D eigenvalue weighted by atomic mass is 14.8. The van der Waals surface area contributed by atoms with Crippen LogP contribution in [0.1, 0.15) is 18.2 Å². The first-order valence-electron chi connectivity index (χ1n) is 10.9. The summed E-state index contributed by atoms with van der Waals surface area (Å²) in [6.07, 6.45) is 1.00. The van der Waals surface area contributed by atoms with E-state index >= 15 is 0 Å². The number of nitrogens with one attached hydrogen (secondary N) is 1. The number of fused-ring (bicyclic) bond motifs is 3. The highest BCUT2D eigenvalue weighted by Gasteiger charge is 2.13. The number of anilines is 1. The number of aryl methyl sites for hydroxylation is 2. The fourth-order valence-corrected chi connectivity index (χ4v) is 4.59. The van der Waals surface area contributed by atoms with Crippen LogP contribution in [-0.4, -0.2) is 12.0 Å². The summed E-state index contributed by atoms with van der Waals surface area (Å²) in [6, 6.07) is 30.5. The van der Waals surface area contributed by atoms with Crippen molar-refractivity contribution in [3.05, 3.63) is 96.2 Å². The lowest BCUT2D eigenvalue weighted by atomic mass is 9.93. The van der Waals surface area contributed by atoms with Crippen LogP contribution in [0.3, 0.4) is 0 Å². The van der Waals surface area contributed by atoms with E-state index in [1.165, 1.54) is 49.7 Å². The van der Waals surface area contributed by atoms with Gasteiger partial charge in [0.25, 0.3) is 0 Å². The molecule has 0 fully saturated rings. The molecule has 0 spiro atoms. The van der Waals surface area contributed by atoms with Crippen molar-refractivity contribution in [1.82, 2.24) is 4.98 Å². The summed E-state index contributed by atoms with van der Waals surface area (Å²) in [4.78, 5) is 4.97. The zero-order valence-electron chi connectivity index (χ0n) is 18.2. The Balaban J connectivity index is 1.77. The quantitative estimate of drug-likeness (QED) is 0.313. The van der Waals surface area contributed by atoms with Gasteiger partial charge in [0.15, 0.2) is 0 Å². The molecule has 4 aromatic carbocycles. The van der Waals surface area contributed by atoms with Gasteiger partial charge in [0.2, 0.25) is 0 Å². The lowest BCUT2D eigenvalue weighted by Gasteiger charge is -2.15. The number of nitrogens with zero attached hydrogens (tertiary/aromatic N) is 1. The van der Waals surface area contributed by atoms with Crippen LogP contribution in [-0.2, 0) is 6.42 Å². The number of benzene rings is 4. The van der Waals surface area contributed by atoms with E-state index in [1.54, 1.807) is 0 Å². The summed E-state index contributed by atoms with van der Waals surface area (Å²) in [5.41, 5.74) is 9.54. The molecule has 0 unspecified atom stereocenters. The first-order chi connectivity index (χ1) is 15.2. The largest absolute Gasteiger partial charge is 0.387 e. The summed E-state index contributed by atoms with van der Waals surface area (Å²) in [5.74, 6) is 0. The Labute approximate surface area is 183 Å². The molecule has 5 aromatic rings. The second-order valence-corrected chi connectivity index (χ2v) is 8.02. The Bertz CT molecular complexity index is 1400. The van der Waals surface area contributed by atoms with Crippen molar-refractivity contribution in [1.29, 1.82) is 0 Å². The normalized spacial score (nSPS) is 11.2. The van der Waals surface area contributed by atoms with Crippen molar-refractivity contribution in [3.63, 3.8) is 0 Å².